The van der Waals surface area contributed by atoms with Crippen LogP contribution in [0.15, 0.2) is 36.9 Å². The third-order valence-electron chi connectivity index (χ3n) is 2.77. The summed E-state index contributed by atoms with van der Waals surface area (Å²) in [6, 6.07) is 7.62. The van der Waals surface area contributed by atoms with Crippen molar-refractivity contribution in [3.8, 4) is 0 Å². The van der Waals surface area contributed by atoms with Gasteiger partial charge in [-0.2, -0.15) is 11.8 Å². The van der Waals surface area contributed by atoms with Gasteiger partial charge in [-0.3, -0.25) is 0 Å². The second-order valence-corrected chi connectivity index (χ2v) is 6.51. The topological polar surface area (TPSA) is 52.6 Å². The Labute approximate surface area is 131 Å². The molecular weight excluding hydrogens is 284 g/mol. The number of hydrogen-bond acceptors (Lipinski definition) is 3. The van der Waals surface area contributed by atoms with Crippen LogP contribution in [0.25, 0.3) is 0 Å². The molecule has 0 aliphatic carbocycles. The number of benzene rings is 1. The average Bonchev–Trinajstić information content (AvgIpc) is 2.45. The Balaban J connectivity index is 2.66. The van der Waals surface area contributed by atoms with Gasteiger partial charge in [-0.05, 0) is 22.9 Å². The van der Waals surface area contributed by atoms with Crippen LogP contribution in [0.2, 0.25) is 0 Å². The lowest BCUT2D eigenvalue weighted by molar-refractivity contribution is 0.195. The van der Waals surface area contributed by atoms with Gasteiger partial charge in [0.05, 0.1) is 6.61 Å². The van der Waals surface area contributed by atoms with E-state index in [-0.39, 0.29) is 12.6 Å². The van der Waals surface area contributed by atoms with Gasteiger partial charge in [0.15, 0.2) is 0 Å². The normalized spacial score (nSPS) is 10.5. The minimum Gasteiger partial charge on any atom is -0.395 e. The molecule has 21 heavy (non-hydrogen) atoms. The van der Waals surface area contributed by atoms with Gasteiger partial charge in [0.25, 0.3) is 0 Å². The van der Waals surface area contributed by atoms with Crippen molar-refractivity contribution in [1.29, 1.82) is 0 Å². The fraction of sp³-hybridized carbons (Fsp3) is 0.438. The Morgan fingerprint density at radius 1 is 1.52 bits per heavy atom. The molecule has 0 radical (unpaired) electrons. The van der Waals surface area contributed by atoms with Crippen LogP contribution in [0.1, 0.15) is 19.4 Å². The molecule has 2 N–H and O–H groups in total. The van der Waals surface area contributed by atoms with E-state index in [4.69, 9.17) is 5.11 Å². The molecule has 1 aromatic rings. The van der Waals surface area contributed by atoms with Gasteiger partial charge < -0.3 is 15.3 Å². The summed E-state index contributed by atoms with van der Waals surface area (Å²) in [5.41, 5.74) is 1.96. The van der Waals surface area contributed by atoms with E-state index in [1.165, 1.54) is 10.5 Å². The van der Waals surface area contributed by atoms with Crippen LogP contribution in [0, 0.1) is 0 Å². The number of carbonyl (C=O) groups excluding carboxylic acids is 1. The summed E-state index contributed by atoms with van der Waals surface area (Å²) in [5, 5.41) is 12.4. The Morgan fingerprint density at radius 3 is 2.90 bits per heavy atom. The molecule has 0 aliphatic heterocycles. The van der Waals surface area contributed by atoms with Gasteiger partial charge in [-0.15, -0.1) is 6.58 Å². The van der Waals surface area contributed by atoms with E-state index < -0.39 is 0 Å². The highest BCUT2D eigenvalue weighted by molar-refractivity contribution is 7.99. The quantitative estimate of drug-likeness (QED) is 0.724. The summed E-state index contributed by atoms with van der Waals surface area (Å²) in [5.74, 6) is 0.925. The molecule has 0 heterocycles. The van der Waals surface area contributed by atoms with Gasteiger partial charge in [0, 0.05) is 24.5 Å². The molecule has 0 aromatic heterocycles. The number of hydrogen-bond donors (Lipinski definition) is 2. The van der Waals surface area contributed by atoms with Crippen molar-refractivity contribution in [1.82, 2.24) is 4.90 Å². The number of urea groups is 1. The highest BCUT2D eigenvalue weighted by Crippen LogP contribution is 2.19. The largest absolute Gasteiger partial charge is 0.395 e. The van der Waals surface area contributed by atoms with Crippen molar-refractivity contribution in [2.45, 2.75) is 24.9 Å². The molecule has 0 aliphatic rings. The fourth-order valence-electron chi connectivity index (χ4n) is 1.76. The van der Waals surface area contributed by atoms with Crippen molar-refractivity contribution in [3.05, 3.63) is 42.5 Å². The van der Waals surface area contributed by atoms with Crippen molar-refractivity contribution in [3.63, 3.8) is 0 Å². The second-order valence-electron chi connectivity index (χ2n) is 4.95. The van der Waals surface area contributed by atoms with Crippen molar-refractivity contribution < 1.29 is 9.90 Å². The van der Waals surface area contributed by atoms with Crippen LogP contribution < -0.4 is 5.32 Å². The number of thioether (sulfide) groups is 1. The lowest BCUT2D eigenvalue weighted by Crippen LogP contribution is -2.37. The number of amides is 2. The number of aliphatic hydroxyl groups is 1. The predicted molar refractivity (Wildman–Crippen MR) is 90.7 cm³/mol. The van der Waals surface area contributed by atoms with E-state index in [0.29, 0.717) is 18.3 Å². The van der Waals surface area contributed by atoms with Gasteiger partial charge >= 0.3 is 6.03 Å². The van der Waals surface area contributed by atoms with Crippen molar-refractivity contribution >= 4 is 23.5 Å². The van der Waals surface area contributed by atoms with E-state index in [1.54, 1.807) is 6.08 Å². The van der Waals surface area contributed by atoms with Crippen molar-refractivity contribution in [2.24, 2.45) is 0 Å². The monoisotopic (exact) mass is 308 g/mol. The van der Waals surface area contributed by atoms with E-state index in [2.05, 4.69) is 31.8 Å². The molecule has 4 nitrogen and oxygen atoms in total. The maximum atomic E-state index is 12.1. The molecule has 0 saturated heterocycles. The van der Waals surface area contributed by atoms with Crippen LogP contribution in [-0.2, 0) is 5.75 Å². The molecule has 1 aromatic carbocycles. The van der Waals surface area contributed by atoms with Crippen LogP contribution >= 0.6 is 11.8 Å². The first-order valence-corrected chi connectivity index (χ1v) is 8.10. The molecule has 0 unspecified atom stereocenters. The average molecular weight is 308 g/mol. The summed E-state index contributed by atoms with van der Waals surface area (Å²) in [7, 11) is 0. The smallest absolute Gasteiger partial charge is 0.322 e. The minimum atomic E-state index is -0.224. The van der Waals surface area contributed by atoms with Crippen LogP contribution in [0.4, 0.5) is 10.5 Å². The molecule has 5 heteroatoms. The molecule has 0 bridgehead atoms. The summed E-state index contributed by atoms with van der Waals surface area (Å²) < 4.78 is 0. The Bertz CT molecular complexity index is 463. The van der Waals surface area contributed by atoms with Gasteiger partial charge in [0.1, 0.15) is 0 Å². The molecule has 0 saturated carbocycles. The summed E-state index contributed by atoms with van der Waals surface area (Å²) in [6.07, 6.45) is 1.64. The molecule has 1 rings (SSSR count). The third kappa shape index (κ3) is 6.69. The minimum absolute atomic E-state index is 0.0632. The lowest BCUT2D eigenvalue weighted by atomic mass is 10.2. The van der Waals surface area contributed by atoms with E-state index >= 15 is 0 Å². The summed E-state index contributed by atoms with van der Waals surface area (Å²) in [4.78, 5) is 13.6. The number of nitrogens with zero attached hydrogens (tertiary/aromatic N) is 1. The zero-order valence-corrected chi connectivity index (χ0v) is 13.5. The van der Waals surface area contributed by atoms with Crippen LogP contribution in [-0.4, -0.2) is 41.0 Å². The molecule has 2 amide bonds. The number of rotatable bonds is 8. The number of anilines is 1. The lowest BCUT2D eigenvalue weighted by Gasteiger charge is -2.20. The zero-order valence-electron chi connectivity index (χ0n) is 12.7. The summed E-state index contributed by atoms with van der Waals surface area (Å²) in [6.45, 7) is 8.59. The van der Waals surface area contributed by atoms with Gasteiger partial charge in [-0.25, -0.2) is 4.79 Å². The fourth-order valence-corrected chi connectivity index (χ4v) is 2.46. The third-order valence-corrected chi connectivity index (χ3v) is 3.93. The highest BCUT2D eigenvalue weighted by atomic mass is 32.2. The molecule has 0 spiro atoms. The Kier molecular flexibility index (Phi) is 7.93. The zero-order chi connectivity index (χ0) is 15.7. The van der Waals surface area contributed by atoms with Crippen LogP contribution in [0.5, 0.6) is 0 Å². The van der Waals surface area contributed by atoms with Gasteiger partial charge in [-0.1, -0.05) is 32.1 Å². The van der Waals surface area contributed by atoms with E-state index in [1.807, 2.05) is 30.0 Å². The van der Waals surface area contributed by atoms with E-state index in [9.17, 15) is 4.79 Å². The standard InChI is InChI=1S/C16H24N2O2S/c1-4-8-18(9-10-19)16(20)17-15-7-5-6-14(11-15)12-21-13(2)3/h4-7,11,13,19H,1,8-10,12H2,2-3H3,(H,17,20). The number of nitrogens with one attached hydrogen (secondary N) is 1. The Hall–Kier alpha value is -1.46. The number of carbonyl (C=O) groups is 1. The first-order valence-electron chi connectivity index (χ1n) is 7.05. The maximum Gasteiger partial charge on any atom is 0.322 e. The SMILES string of the molecule is C=CCN(CCO)C(=O)Nc1cccc(CSC(C)C)c1. The molecule has 0 fully saturated rings. The van der Waals surface area contributed by atoms with Crippen LogP contribution in [0.3, 0.4) is 0 Å². The Morgan fingerprint density at radius 2 is 2.29 bits per heavy atom. The molecular formula is C16H24N2O2S. The first kappa shape index (κ1) is 17.6. The second kappa shape index (κ2) is 9.47. The maximum absolute atomic E-state index is 12.1. The molecule has 0 atom stereocenters. The first-order chi connectivity index (χ1) is 10.1. The van der Waals surface area contributed by atoms with E-state index in [0.717, 1.165) is 11.4 Å². The van der Waals surface area contributed by atoms with Gasteiger partial charge in [0.2, 0.25) is 0 Å². The predicted octanol–water partition coefficient (Wildman–Crippen LogP) is 3.34. The highest BCUT2D eigenvalue weighted by Gasteiger charge is 2.11. The molecule has 116 valence electrons. The summed E-state index contributed by atoms with van der Waals surface area (Å²) >= 11 is 1.87. The number of aliphatic hydroxyl groups excluding tert-OH is 1. The van der Waals surface area contributed by atoms with Crippen molar-refractivity contribution in [2.75, 3.05) is 25.0 Å².